The average Bonchev–Trinajstić information content (AvgIpc) is 3.30. The summed E-state index contributed by atoms with van der Waals surface area (Å²) in [7, 11) is 0. The summed E-state index contributed by atoms with van der Waals surface area (Å²) in [6, 6.07) is 17.6. The summed E-state index contributed by atoms with van der Waals surface area (Å²) < 4.78 is 7.46. The molecule has 1 amide bonds. The Morgan fingerprint density at radius 3 is 2.59 bits per heavy atom. The van der Waals surface area contributed by atoms with Gasteiger partial charge in [0.2, 0.25) is 0 Å². The number of benzene rings is 2. The number of amidine groups is 1. The first kappa shape index (κ1) is 19.0. The minimum absolute atomic E-state index is 0.135. The highest BCUT2D eigenvalue weighted by Gasteiger charge is 2.23. The van der Waals surface area contributed by atoms with Gasteiger partial charge in [0.15, 0.2) is 5.17 Å². The van der Waals surface area contributed by atoms with Gasteiger partial charge < -0.3 is 10.1 Å². The van der Waals surface area contributed by atoms with E-state index in [1.165, 1.54) is 0 Å². The molecule has 4 rings (SSSR count). The third-order valence-electron chi connectivity index (χ3n) is 4.31. The van der Waals surface area contributed by atoms with E-state index in [4.69, 9.17) is 15.2 Å². The molecule has 0 saturated carbocycles. The van der Waals surface area contributed by atoms with E-state index >= 15 is 0 Å². The SMILES string of the molecule is CCCOc1ccc(-c2nn(-c3ccccc3)cc2/C=C2\SC(=N)NC2=O)cc1. The summed E-state index contributed by atoms with van der Waals surface area (Å²) in [4.78, 5) is 12.6. The highest BCUT2D eigenvalue weighted by atomic mass is 32.2. The third kappa shape index (κ3) is 4.25. The Balaban J connectivity index is 1.75. The Bertz CT molecular complexity index is 1070. The standard InChI is InChI=1S/C22H20N4O2S/c1-2-12-28-18-10-8-15(9-11-18)20-16(13-19-21(27)24-22(23)29-19)14-26(25-20)17-6-4-3-5-7-17/h3-11,13-14H,2,12H2,1H3,(H2,23,24,27)/b19-13-. The summed E-state index contributed by atoms with van der Waals surface area (Å²) in [5.74, 6) is 0.555. The highest BCUT2D eigenvalue weighted by molar-refractivity contribution is 8.18. The van der Waals surface area contributed by atoms with Gasteiger partial charge in [-0.2, -0.15) is 5.10 Å². The van der Waals surface area contributed by atoms with E-state index in [1.807, 2.05) is 60.8 Å². The topological polar surface area (TPSA) is 80.0 Å². The van der Waals surface area contributed by atoms with Gasteiger partial charge in [-0.15, -0.1) is 0 Å². The van der Waals surface area contributed by atoms with Crippen molar-refractivity contribution in [2.24, 2.45) is 0 Å². The monoisotopic (exact) mass is 404 g/mol. The van der Waals surface area contributed by atoms with Crippen LogP contribution in [0.2, 0.25) is 0 Å². The molecule has 1 aliphatic heterocycles. The van der Waals surface area contributed by atoms with Gasteiger partial charge in [0.05, 0.1) is 22.9 Å². The van der Waals surface area contributed by atoms with Crippen molar-refractivity contribution in [1.29, 1.82) is 5.41 Å². The van der Waals surface area contributed by atoms with Crippen molar-refractivity contribution < 1.29 is 9.53 Å². The Labute approximate surface area is 173 Å². The van der Waals surface area contributed by atoms with Gasteiger partial charge in [0.25, 0.3) is 5.91 Å². The first-order valence-corrected chi connectivity index (χ1v) is 10.1. The van der Waals surface area contributed by atoms with Crippen LogP contribution in [-0.2, 0) is 4.79 Å². The number of thioether (sulfide) groups is 1. The second kappa shape index (κ2) is 8.36. The molecule has 1 saturated heterocycles. The Hall–Kier alpha value is -3.32. The maximum Gasteiger partial charge on any atom is 0.264 e. The molecule has 6 nitrogen and oxygen atoms in total. The lowest BCUT2D eigenvalue weighted by atomic mass is 10.1. The summed E-state index contributed by atoms with van der Waals surface area (Å²) in [6.07, 6.45) is 4.63. The fourth-order valence-electron chi connectivity index (χ4n) is 2.94. The third-order valence-corrected chi connectivity index (χ3v) is 5.14. The van der Waals surface area contributed by atoms with E-state index in [0.717, 1.165) is 46.4 Å². The van der Waals surface area contributed by atoms with Gasteiger partial charge in [-0.25, -0.2) is 4.68 Å². The number of hydrogen-bond acceptors (Lipinski definition) is 5. The second-order valence-electron chi connectivity index (χ2n) is 6.48. The molecular formula is C22H20N4O2S. The molecule has 1 aromatic heterocycles. The van der Waals surface area contributed by atoms with E-state index in [9.17, 15) is 4.79 Å². The maximum absolute atomic E-state index is 12.1. The van der Waals surface area contributed by atoms with Crippen LogP contribution in [0.15, 0.2) is 65.7 Å². The van der Waals surface area contributed by atoms with Gasteiger partial charge in [-0.05, 0) is 60.7 Å². The number of nitrogens with zero attached hydrogens (tertiary/aromatic N) is 2. The minimum Gasteiger partial charge on any atom is -0.494 e. The summed E-state index contributed by atoms with van der Waals surface area (Å²) >= 11 is 1.12. The molecule has 2 heterocycles. The average molecular weight is 404 g/mol. The predicted molar refractivity (Wildman–Crippen MR) is 116 cm³/mol. The van der Waals surface area contributed by atoms with Crippen LogP contribution >= 0.6 is 11.8 Å². The van der Waals surface area contributed by atoms with Gasteiger partial charge in [0.1, 0.15) is 5.75 Å². The fourth-order valence-corrected chi connectivity index (χ4v) is 3.64. The molecule has 0 bridgehead atoms. The number of hydrogen-bond donors (Lipinski definition) is 2. The number of para-hydroxylation sites is 1. The molecule has 0 unspecified atom stereocenters. The van der Waals surface area contributed by atoms with Crippen LogP contribution in [0.25, 0.3) is 23.0 Å². The molecule has 146 valence electrons. The lowest BCUT2D eigenvalue weighted by molar-refractivity contribution is -0.115. The molecule has 2 aromatic carbocycles. The number of nitrogens with one attached hydrogen (secondary N) is 2. The number of rotatable bonds is 6. The number of carbonyl (C=O) groups excluding carboxylic acids is 1. The maximum atomic E-state index is 12.1. The summed E-state index contributed by atoms with van der Waals surface area (Å²) in [5, 5.41) is 15.1. The Morgan fingerprint density at radius 1 is 1.17 bits per heavy atom. The highest BCUT2D eigenvalue weighted by Crippen LogP contribution is 2.31. The van der Waals surface area contributed by atoms with Crippen molar-refractivity contribution in [3.05, 3.63) is 71.3 Å². The van der Waals surface area contributed by atoms with Gasteiger partial charge in [-0.3, -0.25) is 10.2 Å². The zero-order valence-corrected chi connectivity index (χ0v) is 16.7. The van der Waals surface area contributed by atoms with E-state index in [2.05, 4.69) is 12.2 Å². The molecule has 0 radical (unpaired) electrons. The van der Waals surface area contributed by atoms with Crippen molar-refractivity contribution in [3.8, 4) is 22.7 Å². The molecule has 0 atom stereocenters. The first-order chi connectivity index (χ1) is 14.1. The van der Waals surface area contributed by atoms with Gasteiger partial charge >= 0.3 is 0 Å². The van der Waals surface area contributed by atoms with E-state index in [1.54, 1.807) is 10.8 Å². The van der Waals surface area contributed by atoms with Crippen molar-refractivity contribution in [2.75, 3.05) is 6.61 Å². The molecular weight excluding hydrogens is 384 g/mol. The first-order valence-electron chi connectivity index (χ1n) is 9.32. The number of aromatic nitrogens is 2. The Kier molecular flexibility index (Phi) is 5.48. The molecule has 1 fully saturated rings. The van der Waals surface area contributed by atoms with Gasteiger partial charge in [0, 0.05) is 17.3 Å². The van der Waals surface area contributed by atoms with Crippen LogP contribution in [0, 0.1) is 5.41 Å². The van der Waals surface area contributed by atoms with E-state index in [-0.39, 0.29) is 11.1 Å². The summed E-state index contributed by atoms with van der Waals surface area (Å²) in [6.45, 7) is 2.75. The van der Waals surface area contributed by atoms with Crippen molar-refractivity contribution in [1.82, 2.24) is 15.1 Å². The number of ether oxygens (including phenoxy) is 1. The van der Waals surface area contributed by atoms with Crippen LogP contribution in [0.1, 0.15) is 18.9 Å². The Morgan fingerprint density at radius 2 is 1.93 bits per heavy atom. The van der Waals surface area contributed by atoms with Crippen LogP contribution in [0.4, 0.5) is 0 Å². The molecule has 0 aliphatic carbocycles. The normalized spacial score (nSPS) is 15.0. The number of carbonyl (C=O) groups is 1. The van der Waals surface area contributed by atoms with E-state index in [0.29, 0.717) is 11.5 Å². The minimum atomic E-state index is -0.262. The quantitative estimate of drug-likeness (QED) is 0.594. The second-order valence-corrected chi connectivity index (χ2v) is 7.53. The molecule has 2 N–H and O–H groups in total. The largest absolute Gasteiger partial charge is 0.494 e. The van der Waals surface area contributed by atoms with Crippen molar-refractivity contribution in [2.45, 2.75) is 13.3 Å². The number of amides is 1. The molecule has 1 aliphatic rings. The molecule has 3 aromatic rings. The molecule has 0 spiro atoms. The summed E-state index contributed by atoms with van der Waals surface area (Å²) in [5.41, 5.74) is 3.42. The predicted octanol–water partition coefficient (Wildman–Crippen LogP) is 4.47. The zero-order valence-electron chi connectivity index (χ0n) is 15.9. The smallest absolute Gasteiger partial charge is 0.264 e. The van der Waals surface area contributed by atoms with Crippen LogP contribution in [0.3, 0.4) is 0 Å². The lowest BCUT2D eigenvalue weighted by Gasteiger charge is -2.05. The van der Waals surface area contributed by atoms with Crippen LogP contribution < -0.4 is 10.1 Å². The molecule has 7 heteroatoms. The van der Waals surface area contributed by atoms with Crippen molar-refractivity contribution in [3.63, 3.8) is 0 Å². The molecule has 29 heavy (non-hydrogen) atoms. The van der Waals surface area contributed by atoms with Crippen molar-refractivity contribution >= 4 is 28.9 Å². The van der Waals surface area contributed by atoms with Crippen LogP contribution in [-0.4, -0.2) is 27.5 Å². The van der Waals surface area contributed by atoms with E-state index < -0.39 is 0 Å². The fraction of sp³-hybridized carbons (Fsp3) is 0.136. The lowest BCUT2D eigenvalue weighted by Crippen LogP contribution is -2.18. The van der Waals surface area contributed by atoms with Gasteiger partial charge in [-0.1, -0.05) is 25.1 Å². The zero-order chi connectivity index (χ0) is 20.2. The van der Waals surface area contributed by atoms with Crippen LogP contribution in [0.5, 0.6) is 5.75 Å².